The van der Waals surface area contributed by atoms with Crippen LogP contribution < -0.4 is 26.0 Å². The second kappa shape index (κ2) is 34.2. The lowest BCUT2D eigenvalue weighted by molar-refractivity contribution is -0.127. The van der Waals surface area contributed by atoms with E-state index in [4.69, 9.17) is 23.7 Å². The highest BCUT2D eigenvalue weighted by atomic mass is 16.5. The molecule has 0 saturated heterocycles. The number of carbonyl (C=O) groups excluding carboxylic acids is 5. The Morgan fingerprint density at radius 2 is 1.13 bits per heavy atom. The number of aldehydes is 1. The van der Waals surface area contributed by atoms with Gasteiger partial charge in [0, 0.05) is 44.1 Å². The van der Waals surface area contributed by atoms with E-state index in [0.29, 0.717) is 84.1 Å². The first-order valence-electron chi connectivity index (χ1n) is 19.4. The molecule has 0 saturated carbocycles. The third kappa shape index (κ3) is 30.6. The van der Waals surface area contributed by atoms with Crippen LogP contribution >= 0.6 is 0 Å². The van der Waals surface area contributed by atoms with Crippen LogP contribution in [0.15, 0.2) is 24.3 Å². The number of hydrogen-bond acceptors (Lipinski definition) is 10. The molecule has 0 aromatic heterocycles. The number of benzene rings is 1. The van der Waals surface area contributed by atoms with E-state index in [0.717, 1.165) is 76.2 Å². The van der Waals surface area contributed by atoms with Crippen LogP contribution in [-0.2, 0) is 38.1 Å². The molecule has 0 radical (unpaired) electrons. The largest absolute Gasteiger partial charge is 0.494 e. The molecule has 302 valence electrons. The van der Waals surface area contributed by atoms with Crippen LogP contribution in [-0.4, -0.2) is 115 Å². The van der Waals surface area contributed by atoms with Gasteiger partial charge in [-0.3, -0.25) is 24.0 Å². The number of carbonyl (C=O) groups is 5. The average Bonchev–Trinajstić information content (AvgIpc) is 3.15. The smallest absolute Gasteiger partial charge is 0.246 e. The fraction of sp³-hybridized carbons (Fsp3) is 0.718. The van der Waals surface area contributed by atoms with Crippen molar-refractivity contribution in [3.05, 3.63) is 29.8 Å². The molecule has 4 amide bonds. The molecule has 0 unspecified atom stereocenters. The molecule has 4 N–H and O–H groups in total. The van der Waals surface area contributed by atoms with Crippen LogP contribution in [0.3, 0.4) is 0 Å². The maximum absolute atomic E-state index is 12.3. The van der Waals surface area contributed by atoms with Crippen LogP contribution in [0.5, 0.6) is 5.75 Å². The van der Waals surface area contributed by atoms with Crippen molar-refractivity contribution in [1.82, 2.24) is 21.3 Å². The van der Waals surface area contributed by atoms with Gasteiger partial charge in [-0.2, -0.15) is 0 Å². The highest BCUT2D eigenvalue weighted by molar-refractivity contribution is 5.78. The van der Waals surface area contributed by atoms with Gasteiger partial charge in [-0.1, -0.05) is 51.9 Å². The van der Waals surface area contributed by atoms with Crippen LogP contribution in [0.2, 0.25) is 0 Å². The van der Waals surface area contributed by atoms with Gasteiger partial charge in [-0.25, -0.2) is 0 Å². The molecular weight excluding hydrogens is 684 g/mol. The average molecular weight is 751 g/mol. The van der Waals surface area contributed by atoms with Crippen molar-refractivity contribution < 1.29 is 47.7 Å². The topological polar surface area (TPSA) is 180 Å². The Bertz CT molecular complexity index is 1110. The summed E-state index contributed by atoms with van der Waals surface area (Å²) in [5, 5.41) is 11.3. The number of ether oxygens (including phenoxy) is 5. The van der Waals surface area contributed by atoms with Crippen LogP contribution in [0.1, 0.15) is 108 Å². The monoisotopic (exact) mass is 750 g/mol. The number of hydrogen-bond donors (Lipinski definition) is 4. The molecule has 1 atom stereocenters. The van der Waals surface area contributed by atoms with Crippen LogP contribution in [0.25, 0.3) is 0 Å². The standard InChI is InChI=1S/C39H66N4O10/c1-3-4-11-20-40-38(47)31-51-28-27-50-25-22-42-39(48)32-52-29-26-49-24-21-41-36(45)19-14-33(2)43-37(46)13-10-8-6-5-7-9-12-23-53-35-17-15-34(30-44)16-18-35/h15-18,30,33H,3-14,19-29,31-32H2,1-2H3,(H,40,47)(H,41,45)(H,42,48)(H,43,46)/t33-/m1/s1. The summed E-state index contributed by atoms with van der Waals surface area (Å²) in [6.45, 7) is 7.79. The van der Waals surface area contributed by atoms with Gasteiger partial charge in [0.05, 0.1) is 46.2 Å². The van der Waals surface area contributed by atoms with E-state index >= 15 is 0 Å². The molecule has 14 nitrogen and oxygen atoms in total. The predicted molar refractivity (Wildman–Crippen MR) is 203 cm³/mol. The van der Waals surface area contributed by atoms with E-state index in [9.17, 15) is 24.0 Å². The fourth-order valence-corrected chi connectivity index (χ4v) is 4.96. The van der Waals surface area contributed by atoms with Crippen molar-refractivity contribution in [2.45, 2.75) is 103 Å². The Labute approximate surface area is 316 Å². The maximum atomic E-state index is 12.3. The Hall–Kier alpha value is -3.59. The summed E-state index contributed by atoms with van der Waals surface area (Å²) in [7, 11) is 0. The molecule has 0 heterocycles. The van der Waals surface area contributed by atoms with Gasteiger partial charge in [0.2, 0.25) is 23.6 Å². The van der Waals surface area contributed by atoms with E-state index in [-0.39, 0.29) is 49.5 Å². The Morgan fingerprint density at radius 1 is 0.585 bits per heavy atom. The van der Waals surface area contributed by atoms with Crippen molar-refractivity contribution in [2.24, 2.45) is 0 Å². The normalized spacial score (nSPS) is 11.4. The van der Waals surface area contributed by atoms with E-state index in [1.165, 1.54) is 0 Å². The van der Waals surface area contributed by atoms with Crippen LogP contribution in [0.4, 0.5) is 0 Å². The first-order chi connectivity index (χ1) is 25.8. The highest BCUT2D eigenvalue weighted by Gasteiger charge is 2.10. The third-order valence-electron chi connectivity index (χ3n) is 7.99. The number of nitrogens with one attached hydrogen (secondary N) is 4. The van der Waals surface area contributed by atoms with Crippen LogP contribution in [0, 0.1) is 0 Å². The van der Waals surface area contributed by atoms with E-state index in [1.54, 1.807) is 12.1 Å². The Morgan fingerprint density at radius 3 is 1.74 bits per heavy atom. The SMILES string of the molecule is CCCCCNC(=O)COCCOCCNC(=O)COCCOCCNC(=O)CC[C@@H](C)NC(=O)CCCCCCCCCOc1ccc(C=O)cc1. The summed E-state index contributed by atoms with van der Waals surface area (Å²) in [5.74, 6) is 0.314. The second-order valence-electron chi connectivity index (χ2n) is 12.9. The molecule has 0 aliphatic carbocycles. The van der Waals surface area contributed by atoms with Gasteiger partial charge in [-0.05, 0) is 56.9 Å². The third-order valence-corrected chi connectivity index (χ3v) is 7.99. The van der Waals surface area contributed by atoms with E-state index < -0.39 is 0 Å². The molecule has 0 aliphatic rings. The van der Waals surface area contributed by atoms with Crippen molar-refractivity contribution >= 4 is 29.9 Å². The summed E-state index contributed by atoms with van der Waals surface area (Å²) in [4.78, 5) is 58.5. The van der Waals surface area contributed by atoms with Gasteiger partial charge in [0.25, 0.3) is 0 Å². The molecule has 0 bridgehead atoms. The molecule has 1 rings (SSSR count). The number of amides is 4. The second-order valence-corrected chi connectivity index (χ2v) is 12.9. The van der Waals surface area contributed by atoms with Gasteiger partial charge in [0.15, 0.2) is 0 Å². The van der Waals surface area contributed by atoms with E-state index in [2.05, 4.69) is 28.2 Å². The Balaban J connectivity index is 1.84. The van der Waals surface area contributed by atoms with E-state index in [1.807, 2.05) is 19.1 Å². The lowest BCUT2D eigenvalue weighted by Crippen LogP contribution is -2.34. The van der Waals surface area contributed by atoms with Gasteiger partial charge in [-0.15, -0.1) is 0 Å². The molecule has 1 aromatic rings. The van der Waals surface area contributed by atoms with Crippen molar-refractivity contribution in [1.29, 1.82) is 0 Å². The molecule has 0 fully saturated rings. The molecule has 14 heteroatoms. The van der Waals surface area contributed by atoms with Crippen molar-refractivity contribution in [3.63, 3.8) is 0 Å². The lowest BCUT2D eigenvalue weighted by atomic mass is 10.1. The van der Waals surface area contributed by atoms with Gasteiger partial charge in [0.1, 0.15) is 25.2 Å². The fourth-order valence-electron chi connectivity index (χ4n) is 4.96. The molecule has 1 aromatic carbocycles. The minimum atomic E-state index is -0.260. The molecule has 53 heavy (non-hydrogen) atoms. The molecule has 0 aliphatic heterocycles. The molecule has 0 spiro atoms. The zero-order chi connectivity index (χ0) is 38.6. The minimum absolute atomic E-state index is 0.00944. The van der Waals surface area contributed by atoms with Gasteiger partial charge < -0.3 is 45.0 Å². The first-order valence-corrected chi connectivity index (χ1v) is 19.4. The Kier molecular flexibility index (Phi) is 30.6. The summed E-state index contributed by atoms with van der Waals surface area (Å²) in [5.41, 5.74) is 0.641. The van der Waals surface area contributed by atoms with Crippen molar-refractivity contribution in [2.75, 3.05) is 79.1 Å². The summed E-state index contributed by atoms with van der Waals surface area (Å²) in [6, 6.07) is 7.04. The number of unbranched alkanes of at least 4 members (excludes halogenated alkanes) is 8. The van der Waals surface area contributed by atoms with Gasteiger partial charge >= 0.3 is 0 Å². The first kappa shape index (κ1) is 47.4. The zero-order valence-electron chi connectivity index (χ0n) is 32.2. The lowest BCUT2D eigenvalue weighted by Gasteiger charge is -2.14. The predicted octanol–water partition coefficient (Wildman–Crippen LogP) is 3.89. The quantitative estimate of drug-likeness (QED) is 0.0581. The summed E-state index contributed by atoms with van der Waals surface area (Å²) in [6.07, 6.45) is 12.7. The summed E-state index contributed by atoms with van der Waals surface area (Å²) >= 11 is 0. The summed E-state index contributed by atoms with van der Waals surface area (Å²) < 4.78 is 27.1. The zero-order valence-corrected chi connectivity index (χ0v) is 32.2. The maximum Gasteiger partial charge on any atom is 0.246 e. The minimum Gasteiger partial charge on any atom is -0.494 e. The van der Waals surface area contributed by atoms with Crippen molar-refractivity contribution in [3.8, 4) is 5.75 Å². The number of rotatable bonds is 36. The highest BCUT2D eigenvalue weighted by Crippen LogP contribution is 2.13. The molecular formula is C39H66N4O10.